The predicted molar refractivity (Wildman–Crippen MR) is 72.1 cm³/mol. The van der Waals surface area contributed by atoms with Crippen LogP contribution < -0.4 is 17.0 Å². The monoisotopic (exact) mass is 278 g/mol. The van der Waals surface area contributed by atoms with Gasteiger partial charge >= 0.3 is 5.69 Å². The number of pyridine rings is 1. The number of H-pyrrole nitrogens is 1. The topological polar surface area (TPSA) is 93.8 Å². The summed E-state index contributed by atoms with van der Waals surface area (Å²) in [5, 5.41) is 0.0967. The van der Waals surface area contributed by atoms with Crippen LogP contribution in [0, 0.1) is 5.82 Å². The quantitative estimate of drug-likeness (QED) is 0.801. The SMILES string of the molecule is NC1CCC(n2c(=O)[nH]c3ncc(F)cc3c2=O)CC1. The van der Waals surface area contributed by atoms with Gasteiger partial charge in [-0.1, -0.05) is 0 Å². The van der Waals surface area contributed by atoms with Crippen molar-refractivity contribution in [2.24, 2.45) is 5.73 Å². The van der Waals surface area contributed by atoms with E-state index >= 15 is 0 Å². The summed E-state index contributed by atoms with van der Waals surface area (Å²) in [5.74, 6) is -0.598. The van der Waals surface area contributed by atoms with Gasteiger partial charge in [0.25, 0.3) is 5.56 Å². The molecule has 106 valence electrons. The number of nitrogens with one attached hydrogen (secondary N) is 1. The Balaban J connectivity index is 2.16. The molecule has 6 nitrogen and oxygen atoms in total. The van der Waals surface area contributed by atoms with Crippen molar-refractivity contribution in [1.29, 1.82) is 0 Å². The van der Waals surface area contributed by atoms with Crippen LogP contribution in [0.15, 0.2) is 21.9 Å². The highest BCUT2D eigenvalue weighted by molar-refractivity contribution is 5.72. The molecule has 1 aliphatic rings. The first-order valence-electron chi connectivity index (χ1n) is 6.62. The first-order valence-corrected chi connectivity index (χ1v) is 6.62. The second kappa shape index (κ2) is 4.82. The summed E-state index contributed by atoms with van der Waals surface area (Å²) in [6.45, 7) is 0. The molecule has 2 heterocycles. The number of hydrogen-bond acceptors (Lipinski definition) is 4. The van der Waals surface area contributed by atoms with E-state index in [1.54, 1.807) is 0 Å². The molecule has 3 rings (SSSR count). The van der Waals surface area contributed by atoms with Crippen LogP contribution in [0.4, 0.5) is 4.39 Å². The maximum Gasteiger partial charge on any atom is 0.330 e. The molecule has 0 unspecified atom stereocenters. The summed E-state index contributed by atoms with van der Waals surface area (Å²) in [7, 11) is 0. The van der Waals surface area contributed by atoms with Gasteiger partial charge in [0.05, 0.1) is 11.6 Å². The van der Waals surface area contributed by atoms with Gasteiger partial charge in [-0.15, -0.1) is 0 Å². The standard InChI is InChI=1S/C13H15FN4O2/c14-7-5-10-11(16-6-7)17-13(20)18(12(10)19)9-3-1-8(15)2-4-9/h5-6,8-9H,1-4,15H2,(H,16,17,20). The van der Waals surface area contributed by atoms with Crippen LogP contribution in [0.25, 0.3) is 11.0 Å². The van der Waals surface area contributed by atoms with Gasteiger partial charge in [-0.3, -0.25) is 14.3 Å². The van der Waals surface area contributed by atoms with E-state index in [1.165, 1.54) is 4.57 Å². The van der Waals surface area contributed by atoms with E-state index in [1.807, 2.05) is 0 Å². The molecular formula is C13H15FN4O2. The second-order valence-corrected chi connectivity index (χ2v) is 5.22. The molecule has 0 atom stereocenters. The third kappa shape index (κ3) is 2.14. The lowest BCUT2D eigenvalue weighted by molar-refractivity contribution is 0.311. The summed E-state index contributed by atoms with van der Waals surface area (Å²) < 4.78 is 14.4. The Morgan fingerprint density at radius 1 is 1.30 bits per heavy atom. The molecule has 0 amide bonds. The third-order valence-corrected chi connectivity index (χ3v) is 3.85. The lowest BCUT2D eigenvalue weighted by atomic mass is 9.91. The average Bonchev–Trinajstić information content (AvgIpc) is 2.42. The maximum absolute atomic E-state index is 13.2. The molecule has 1 fully saturated rings. The van der Waals surface area contributed by atoms with Crippen molar-refractivity contribution in [3.8, 4) is 0 Å². The number of nitrogens with zero attached hydrogens (tertiary/aromatic N) is 2. The summed E-state index contributed by atoms with van der Waals surface area (Å²) in [5.41, 5.74) is 4.96. The minimum absolute atomic E-state index is 0.0967. The van der Waals surface area contributed by atoms with Crippen molar-refractivity contribution in [1.82, 2.24) is 14.5 Å². The highest BCUT2D eigenvalue weighted by atomic mass is 19.1. The Hall–Kier alpha value is -2.02. The number of fused-ring (bicyclic) bond motifs is 1. The van der Waals surface area contributed by atoms with Crippen LogP contribution in [-0.4, -0.2) is 20.6 Å². The van der Waals surface area contributed by atoms with E-state index in [9.17, 15) is 14.0 Å². The largest absolute Gasteiger partial charge is 0.330 e. The van der Waals surface area contributed by atoms with Crippen LogP contribution in [0.5, 0.6) is 0 Å². The zero-order valence-corrected chi connectivity index (χ0v) is 10.8. The number of aromatic amines is 1. The lowest BCUT2D eigenvalue weighted by Crippen LogP contribution is -2.41. The number of aromatic nitrogens is 3. The van der Waals surface area contributed by atoms with Crippen LogP contribution in [0.3, 0.4) is 0 Å². The van der Waals surface area contributed by atoms with Crippen molar-refractivity contribution >= 4 is 11.0 Å². The van der Waals surface area contributed by atoms with Crippen molar-refractivity contribution in [3.05, 3.63) is 38.9 Å². The van der Waals surface area contributed by atoms with E-state index in [0.717, 1.165) is 25.1 Å². The van der Waals surface area contributed by atoms with Gasteiger partial charge in [-0.05, 0) is 31.7 Å². The van der Waals surface area contributed by atoms with E-state index in [-0.39, 0.29) is 23.1 Å². The molecule has 20 heavy (non-hydrogen) atoms. The van der Waals surface area contributed by atoms with Crippen molar-refractivity contribution in [2.75, 3.05) is 0 Å². The summed E-state index contributed by atoms with van der Waals surface area (Å²) >= 11 is 0. The summed E-state index contributed by atoms with van der Waals surface area (Å²) in [6.07, 6.45) is 3.88. The Morgan fingerprint density at radius 3 is 2.70 bits per heavy atom. The first kappa shape index (κ1) is 13.0. The molecule has 0 bridgehead atoms. The van der Waals surface area contributed by atoms with Gasteiger partial charge in [0.1, 0.15) is 11.5 Å². The van der Waals surface area contributed by atoms with Gasteiger partial charge in [-0.2, -0.15) is 0 Å². The highest BCUT2D eigenvalue weighted by Crippen LogP contribution is 2.25. The minimum Gasteiger partial charge on any atom is -0.328 e. The van der Waals surface area contributed by atoms with Crippen LogP contribution >= 0.6 is 0 Å². The Morgan fingerprint density at radius 2 is 2.00 bits per heavy atom. The van der Waals surface area contributed by atoms with E-state index in [0.29, 0.717) is 12.8 Å². The molecule has 2 aromatic rings. The minimum atomic E-state index is -0.598. The van der Waals surface area contributed by atoms with Crippen LogP contribution in [0.1, 0.15) is 31.7 Å². The molecule has 0 aliphatic heterocycles. The summed E-state index contributed by atoms with van der Waals surface area (Å²) in [6, 6.07) is 1.05. The number of rotatable bonds is 1. The molecule has 0 spiro atoms. The fourth-order valence-electron chi connectivity index (χ4n) is 2.78. The zero-order chi connectivity index (χ0) is 14.3. The average molecular weight is 278 g/mol. The Labute approximate surface area is 113 Å². The van der Waals surface area contributed by atoms with Gasteiger partial charge in [0, 0.05) is 12.1 Å². The molecule has 1 saturated carbocycles. The van der Waals surface area contributed by atoms with Crippen molar-refractivity contribution in [2.45, 2.75) is 37.8 Å². The predicted octanol–water partition coefficient (Wildman–Crippen LogP) is 0.666. The maximum atomic E-state index is 13.2. The van der Waals surface area contributed by atoms with Crippen molar-refractivity contribution < 1.29 is 4.39 Å². The number of hydrogen-bond donors (Lipinski definition) is 2. The Kier molecular flexibility index (Phi) is 3.13. The summed E-state index contributed by atoms with van der Waals surface area (Å²) in [4.78, 5) is 30.7. The molecule has 0 aromatic carbocycles. The first-order chi connectivity index (χ1) is 9.56. The van der Waals surface area contributed by atoms with E-state index in [4.69, 9.17) is 5.73 Å². The molecule has 7 heteroatoms. The zero-order valence-electron chi connectivity index (χ0n) is 10.8. The molecule has 3 N–H and O–H groups in total. The lowest BCUT2D eigenvalue weighted by Gasteiger charge is -2.26. The molecule has 0 radical (unpaired) electrons. The highest BCUT2D eigenvalue weighted by Gasteiger charge is 2.23. The molecular weight excluding hydrogens is 263 g/mol. The third-order valence-electron chi connectivity index (χ3n) is 3.85. The van der Waals surface area contributed by atoms with E-state index < -0.39 is 17.1 Å². The van der Waals surface area contributed by atoms with E-state index in [2.05, 4.69) is 9.97 Å². The van der Waals surface area contributed by atoms with Crippen LogP contribution in [-0.2, 0) is 0 Å². The molecule has 1 aliphatic carbocycles. The fraction of sp³-hybridized carbons (Fsp3) is 0.462. The molecule has 2 aromatic heterocycles. The van der Waals surface area contributed by atoms with Gasteiger partial charge in [0.15, 0.2) is 0 Å². The number of halogens is 1. The van der Waals surface area contributed by atoms with Gasteiger partial charge in [-0.25, -0.2) is 14.2 Å². The fourth-order valence-corrected chi connectivity index (χ4v) is 2.78. The second-order valence-electron chi connectivity index (χ2n) is 5.22. The van der Waals surface area contributed by atoms with Gasteiger partial charge in [0.2, 0.25) is 0 Å². The normalized spacial score (nSPS) is 23.1. The van der Waals surface area contributed by atoms with Crippen LogP contribution in [0.2, 0.25) is 0 Å². The molecule has 0 saturated heterocycles. The smallest absolute Gasteiger partial charge is 0.328 e. The number of nitrogens with two attached hydrogens (primary N) is 1. The Bertz CT molecular complexity index is 759. The van der Waals surface area contributed by atoms with Gasteiger partial charge < -0.3 is 5.73 Å². The van der Waals surface area contributed by atoms with Crippen molar-refractivity contribution in [3.63, 3.8) is 0 Å².